The SMILES string of the molecule is CCCCCCCCCCCCCCCCOc1ccc(/C=C(\C)C(=O)OCCCO)cc1. The quantitative estimate of drug-likeness (QED) is 0.115. The molecule has 0 heterocycles. The molecule has 0 spiro atoms. The summed E-state index contributed by atoms with van der Waals surface area (Å²) >= 11 is 0. The molecular weight excluding hydrogens is 412 g/mol. The van der Waals surface area contributed by atoms with Crippen LogP contribution < -0.4 is 4.74 Å². The summed E-state index contributed by atoms with van der Waals surface area (Å²) in [5.41, 5.74) is 1.49. The molecule has 0 aromatic heterocycles. The van der Waals surface area contributed by atoms with Crippen molar-refractivity contribution >= 4 is 12.0 Å². The lowest BCUT2D eigenvalue weighted by Crippen LogP contribution is -2.07. The van der Waals surface area contributed by atoms with Crippen molar-refractivity contribution in [3.05, 3.63) is 35.4 Å². The van der Waals surface area contributed by atoms with Gasteiger partial charge in [0.05, 0.1) is 13.2 Å². The number of hydrogen-bond acceptors (Lipinski definition) is 4. The third kappa shape index (κ3) is 16.4. The van der Waals surface area contributed by atoms with Gasteiger partial charge in [0, 0.05) is 18.6 Å². The predicted molar refractivity (Wildman–Crippen MR) is 139 cm³/mol. The molecule has 1 N–H and O–H groups in total. The van der Waals surface area contributed by atoms with E-state index < -0.39 is 0 Å². The monoisotopic (exact) mass is 460 g/mol. The van der Waals surface area contributed by atoms with E-state index in [9.17, 15) is 4.79 Å². The Bertz CT molecular complexity index is 621. The Morgan fingerprint density at radius 2 is 1.27 bits per heavy atom. The van der Waals surface area contributed by atoms with Crippen LogP contribution in [0.4, 0.5) is 0 Å². The van der Waals surface area contributed by atoms with E-state index in [4.69, 9.17) is 14.6 Å². The molecule has 0 atom stereocenters. The summed E-state index contributed by atoms with van der Waals surface area (Å²) in [6.45, 7) is 5.03. The summed E-state index contributed by atoms with van der Waals surface area (Å²) in [6.07, 6.45) is 21.3. The van der Waals surface area contributed by atoms with E-state index in [1.807, 2.05) is 24.3 Å². The summed E-state index contributed by atoms with van der Waals surface area (Å²) in [7, 11) is 0. The fourth-order valence-corrected chi connectivity index (χ4v) is 3.80. The van der Waals surface area contributed by atoms with E-state index in [-0.39, 0.29) is 19.2 Å². The van der Waals surface area contributed by atoms with Crippen molar-refractivity contribution in [2.75, 3.05) is 19.8 Å². The fraction of sp³-hybridized carbons (Fsp3) is 0.690. The van der Waals surface area contributed by atoms with Crippen molar-refractivity contribution in [1.82, 2.24) is 0 Å². The molecule has 0 radical (unpaired) electrons. The molecule has 0 aliphatic carbocycles. The first-order chi connectivity index (χ1) is 16.2. The first kappa shape index (κ1) is 29.2. The zero-order chi connectivity index (χ0) is 24.0. The van der Waals surface area contributed by atoms with Crippen LogP contribution >= 0.6 is 0 Å². The summed E-state index contributed by atoms with van der Waals surface area (Å²) in [5, 5.41) is 8.74. The molecule has 0 aliphatic heterocycles. The van der Waals surface area contributed by atoms with Crippen molar-refractivity contribution in [2.24, 2.45) is 0 Å². The zero-order valence-electron chi connectivity index (χ0n) is 21.3. The van der Waals surface area contributed by atoms with Crippen LogP contribution in [0.5, 0.6) is 5.75 Å². The average Bonchev–Trinajstić information content (AvgIpc) is 2.82. The lowest BCUT2D eigenvalue weighted by Gasteiger charge is -2.07. The number of aliphatic hydroxyl groups excluding tert-OH is 1. The van der Waals surface area contributed by atoms with E-state index in [2.05, 4.69) is 6.92 Å². The van der Waals surface area contributed by atoms with Gasteiger partial charge in [0.1, 0.15) is 5.75 Å². The minimum Gasteiger partial charge on any atom is -0.494 e. The minimum absolute atomic E-state index is 0.0247. The second-order valence-electron chi connectivity index (χ2n) is 9.05. The van der Waals surface area contributed by atoms with Gasteiger partial charge in [-0.2, -0.15) is 0 Å². The van der Waals surface area contributed by atoms with Gasteiger partial charge >= 0.3 is 5.97 Å². The van der Waals surface area contributed by atoms with Crippen LogP contribution in [0.1, 0.15) is 116 Å². The number of aliphatic hydroxyl groups is 1. The van der Waals surface area contributed by atoms with Crippen molar-refractivity contribution < 1.29 is 19.4 Å². The molecule has 1 rings (SSSR count). The van der Waals surface area contributed by atoms with Crippen LogP contribution in [0.15, 0.2) is 29.8 Å². The van der Waals surface area contributed by atoms with Crippen LogP contribution in [-0.2, 0) is 9.53 Å². The maximum Gasteiger partial charge on any atom is 0.333 e. The lowest BCUT2D eigenvalue weighted by molar-refractivity contribution is -0.139. The Kier molecular flexibility index (Phi) is 18.4. The van der Waals surface area contributed by atoms with Crippen LogP contribution in [0, 0.1) is 0 Å². The lowest BCUT2D eigenvalue weighted by atomic mass is 10.0. The molecule has 188 valence electrons. The number of benzene rings is 1. The number of carbonyl (C=O) groups excluding carboxylic acids is 1. The van der Waals surface area contributed by atoms with Gasteiger partial charge in [0.2, 0.25) is 0 Å². The van der Waals surface area contributed by atoms with Crippen molar-refractivity contribution in [3.8, 4) is 5.75 Å². The maximum atomic E-state index is 11.9. The van der Waals surface area contributed by atoms with Crippen LogP contribution in [0.2, 0.25) is 0 Å². The smallest absolute Gasteiger partial charge is 0.333 e. The number of esters is 1. The van der Waals surface area contributed by atoms with Gasteiger partial charge in [0.25, 0.3) is 0 Å². The molecule has 4 heteroatoms. The Hall–Kier alpha value is -1.81. The van der Waals surface area contributed by atoms with Crippen LogP contribution in [0.25, 0.3) is 6.08 Å². The molecule has 0 unspecified atom stereocenters. The van der Waals surface area contributed by atoms with Crippen molar-refractivity contribution in [2.45, 2.75) is 110 Å². The minimum atomic E-state index is -0.346. The van der Waals surface area contributed by atoms with Gasteiger partial charge in [0.15, 0.2) is 0 Å². The molecule has 0 amide bonds. The van der Waals surface area contributed by atoms with E-state index in [1.165, 1.54) is 83.5 Å². The van der Waals surface area contributed by atoms with Gasteiger partial charge in [-0.3, -0.25) is 0 Å². The summed E-state index contributed by atoms with van der Waals surface area (Å²) in [6, 6.07) is 7.79. The Morgan fingerprint density at radius 1 is 0.758 bits per heavy atom. The highest BCUT2D eigenvalue weighted by atomic mass is 16.5. The van der Waals surface area contributed by atoms with Gasteiger partial charge in [-0.25, -0.2) is 4.79 Å². The van der Waals surface area contributed by atoms with Crippen LogP contribution in [0.3, 0.4) is 0 Å². The summed E-state index contributed by atoms with van der Waals surface area (Å²) in [4.78, 5) is 11.9. The fourth-order valence-electron chi connectivity index (χ4n) is 3.80. The third-order valence-electron chi connectivity index (χ3n) is 5.89. The molecule has 1 aromatic carbocycles. The number of rotatable bonds is 21. The first-order valence-electron chi connectivity index (χ1n) is 13.4. The maximum absolute atomic E-state index is 11.9. The van der Waals surface area contributed by atoms with E-state index >= 15 is 0 Å². The second kappa shape index (κ2) is 20.8. The van der Waals surface area contributed by atoms with Gasteiger partial charge in [-0.05, 0) is 37.1 Å². The van der Waals surface area contributed by atoms with Gasteiger partial charge in [-0.1, -0.05) is 103 Å². The molecule has 0 aliphatic rings. The topological polar surface area (TPSA) is 55.8 Å². The van der Waals surface area contributed by atoms with Gasteiger partial charge in [-0.15, -0.1) is 0 Å². The highest BCUT2D eigenvalue weighted by molar-refractivity contribution is 5.93. The van der Waals surface area contributed by atoms with Crippen molar-refractivity contribution in [1.29, 1.82) is 0 Å². The molecule has 33 heavy (non-hydrogen) atoms. The standard InChI is InChI=1S/C29H48O4/c1-3-4-5-6-7-8-9-10-11-12-13-14-15-16-23-32-28-20-18-27(19-21-28)25-26(2)29(31)33-24-17-22-30/h18-21,25,30H,3-17,22-24H2,1-2H3/b26-25+. The number of ether oxygens (including phenoxy) is 2. The number of carbonyl (C=O) groups is 1. The van der Waals surface area contributed by atoms with E-state index in [1.54, 1.807) is 13.0 Å². The molecule has 0 bridgehead atoms. The van der Waals surface area contributed by atoms with Gasteiger partial charge < -0.3 is 14.6 Å². The van der Waals surface area contributed by atoms with E-state index in [0.29, 0.717) is 12.0 Å². The first-order valence-corrected chi connectivity index (χ1v) is 13.4. The predicted octanol–water partition coefficient (Wildman–Crippen LogP) is 7.88. The zero-order valence-corrected chi connectivity index (χ0v) is 21.3. The molecule has 0 saturated carbocycles. The molecule has 4 nitrogen and oxygen atoms in total. The highest BCUT2D eigenvalue weighted by Gasteiger charge is 2.05. The highest BCUT2D eigenvalue weighted by Crippen LogP contribution is 2.16. The summed E-state index contributed by atoms with van der Waals surface area (Å²) in [5.74, 6) is 0.520. The Balaban J connectivity index is 2.02. The molecule has 0 fully saturated rings. The third-order valence-corrected chi connectivity index (χ3v) is 5.89. The Morgan fingerprint density at radius 3 is 1.79 bits per heavy atom. The average molecular weight is 461 g/mol. The Labute approximate surface area is 202 Å². The van der Waals surface area contributed by atoms with Crippen LogP contribution in [-0.4, -0.2) is 30.9 Å². The normalized spacial score (nSPS) is 11.5. The number of hydrogen-bond donors (Lipinski definition) is 1. The van der Waals surface area contributed by atoms with Crippen molar-refractivity contribution in [3.63, 3.8) is 0 Å². The van der Waals surface area contributed by atoms with E-state index in [0.717, 1.165) is 24.3 Å². The number of unbranched alkanes of at least 4 members (excludes halogenated alkanes) is 13. The largest absolute Gasteiger partial charge is 0.494 e. The molecule has 0 saturated heterocycles. The summed E-state index contributed by atoms with van der Waals surface area (Å²) < 4.78 is 10.9. The second-order valence-corrected chi connectivity index (χ2v) is 9.05. The molecule has 1 aromatic rings. The molecular formula is C29H48O4.